The van der Waals surface area contributed by atoms with Crippen LogP contribution in [0.15, 0.2) is 41.5 Å². The van der Waals surface area contributed by atoms with Crippen molar-refractivity contribution < 1.29 is 9.59 Å². The van der Waals surface area contributed by atoms with Crippen molar-refractivity contribution in [2.45, 2.75) is 51.6 Å². The first-order valence-electron chi connectivity index (χ1n) is 11.1. The number of likely N-dealkylation sites (tertiary alicyclic amines) is 1. The fourth-order valence-corrected chi connectivity index (χ4v) is 5.05. The molecule has 0 radical (unpaired) electrons. The number of hydrogen-bond acceptors (Lipinski definition) is 4. The zero-order chi connectivity index (χ0) is 21.5. The molecule has 1 aromatic carbocycles. The molecule has 0 spiro atoms. The molecule has 162 valence electrons. The second-order valence-corrected chi connectivity index (χ2v) is 8.64. The Balaban J connectivity index is 1.57. The molecule has 8 nitrogen and oxygen atoms in total. The first kappa shape index (κ1) is 19.8. The van der Waals surface area contributed by atoms with Gasteiger partial charge in [-0.05, 0) is 51.7 Å². The minimum Gasteiger partial charge on any atom is -0.336 e. The molecule has 1 fully saturated rings. The predicted molar refractivity (Wildman–Crippen MR) is 119 cm³/mol. The summed E-state index contributed by atoms with van der Waals surface area (Å²) in [7, 11) is 0. The third kappa shape index (κ3) is 3.30. The molecule has 0 bridgehead atoms. The fourth-order valence-electron chi connectivity index (χ4n) is 5.05. The number of aliphatic imine (C=N–C) groups is 1. The number of carbonyl (C=O) groups is 2. The molecule has 3 amide bonds. The smallest absolute Gasteiger partial charge is 0.331 e. The normalized spacial score (nSPS) is 23.4. The number of hydrogen-bond donors (Lipinski definition) is 0. The number of carbonyl (C=O) groups excluding carboxylic acids is 2. The van der Waals surface area contributed by atoms with Crippen molar-refractivity contribution in [3.8, 4) is 5.69 Å². The molecule has 0 aliphatic carbocycles. The van der Waals surface area contributed by atoms with Crippen molar-refractivity contribution in [3.05, 3.63) is 42.1 Å². The highest BCUT2D eigenvalue weighted by atomic mass is 16.2. The van der Waals surface area contributed by atoms with Gasteiger partial charge in [-0.2, -0.15) is 5.10 Å². The summed E-state index contributed by atoms with van der Waals surface area (Å²) >= 11 is 0. The molecular weight excluding hydrogens is 392 g/mol. The Morgan fingerprint density at radius 1 is 1.10 bits per heavy atom. The summed E-state index contributed by atoms with van der Waals surface area (Å²) in [5.74, 6) is 1.27. The monoisotopic (exact) mass is 420 g/mol. The van der Waals surface area contributed by atoms with Gasteiger partial charge in [-0.3, -0.25) is 19.6 Å². The van der Waals surface area contributed by atoms with Gasteiger partial charge in [0, 0.05) is 25.2 Å². The van der Waals surface area contributed by atoms with Gasteiger partial charge in [0.25, 0.3) is 0 Å². The molecule has 3 aliphatic heterocycles. The highest BCUT2D eigenvalue weighted by Crippen LogP contribution is 2.33. The van der Waals surface area contributed by atoms with Crippen LogP contribution in [0.4, 0.5) is 10.6 Å². The first-order chi connectivity index (χ1) is 15.1. The van der Waals surface area contributed by atoms with Gasteiger partial charge >= 0.3 is 6.03 Å². The quantitative estimate of drug-likeness (QED) is 0.766. The average Bonchev–Trinajstić information content (AvgIpc) is 3.22. The van der Waals surface area contributed by atoms with Crippen LogP contribution < -0.4 is 4.90 Å². The summed E-state index contributed by atoms with van der Waals surface area (Å²) in [5.41, 5.74) is 1.65. The van der Waals surface area contributed by atoms with Gasteiger partial charge in [0.15, 0.2) is 5.82 Å². The topological polar surface area (TPSA) is 74.0 Å². The van der Waals surface area contributed by atoms with Crippen molar-refractivity contribution in [2.24, 2.45) is 4.99 Å². The van der Waals surface area contributed by atoms with Crippen LogP contribution in [0.25, 0.3) is 5.69 Å². The zero-order valence-electron chi connectivity index (χ0n) is 18.1. The third-order valence-electron chi connectivity index (χ3n) is 6.53. The third-order valence-corrected chi connectivity index (χ3v) is 6.53. The summed E-state index contributed by atoms with van der Waals surface area (Å²) in [5, 5.41) is 4.58. The van der Waals surface area contributed by atoms with Gasteiger partial charge in [-0.15, -0.1) is 0 Å². The van der Waals surface area contributed by atoms with Crippen LogP contribution in [-0.2, 0) is 4.79 Å². The predicted octanol–water partition coefficient (Wildman–Crippen LogP) is 3.05. The van der Waals surface area contributed by atoms with E-state index in [0.29, 0.717) is 24.7 Å². The van der Waals surface area contributed by atoms with Gasteiger partial charge in [0.2, 0.25) is 5.91 Å². The lowest BCUT2D eigenvalue weighted by atomic mass is 9.97. The first-order valence-corrected chi connectivity index (χ1v) is 11.1. The molecule has 4 heterocycles. The molecule has 31 heavy (non-hydrogen) atoms. The maximum absolute atomic E-state index is 13.5. The molecule has 0 N–H and O–H groups in total. The SMILES string of the molecule is C[C@H]1CCC[C@H](C)N1C(=O)CN1C(=O)N2CCCN=C2c2cnn(-c3ccccc3)c21. The van der Waals surface area contributed by atoms with Gasteiger partial charge in [0.1, 0.15) is 12.4 Å². The van der Waals surface area contributed by atoms with E-state index in [1.54, 1.807) is 20.7 Å². The number of urea groups is 1. The Morgan fingerprint density at radius 2 is 1.84 bits per heavy atom. The zero-order valence-corrected chi connectivity index (χ0v) is 18.1. The summed E-state index contributed by atoms with van der Waals surface area (Å²) in [6, 6.07) is 9.87. The number of para-hydroxylation sites is 1. The van der Waals surface area contributed by atoms with E-state index < -0.39 is 0 Å². The summed E-state index contributed by atoms with van der Waals surface area (Å²) < 4.78 is 1.75. The maximum atomic E-state index is 13.5. The maximum Gasteiger partial charge on any atom is 0.331 e. The van der Waals surface area contributed by atoms with Crippen molar-refractivity contribution in [2.75, 3.05) is 24.5 Å². The minimum absolute atomic E-state index is 0.00280. The Morgan fingerprint density at radius 3 is 2.58 bits per heavy atom. The summed E-state index contributed by atoms with van der Waals surface area (Å²) in [6.45, 7) is 5.50. The number of rotatable bonds is 3. The molecule has 1 aromatic heterocycles. The van der Waals surface area contributed by atoms with E-state index in [1.807, 2.05) is 35.2 Å². The van der Waals surface area contributed by atoms with Crippen LogP contribution in [-0.4, -0.2) is 69.1 Å². The number of aromatic nitrogens is 2. The highest BCUT2D eigenvalue weighted by Gasteiger charge is 2.41. The molecule has 2 atom stereocenters. The summed E-state index contributed by atoms with van der Waals surface area (Å²) in [4.78, 5) is 36.8. The summed E-state index contributed by atoms with van der Waals surface area (Å²) in [6.07, 6.45) is 5.71. The van der Waals surface area contributed by atoms with Crippen LogP contribution in [0.1, 0.15) is 45.1 Å². The number of nitrogens with zero attached hydrogens (tertiary/aromatic N) is 6. The van der Waals surface area contributed by atoms with E-state index in [9.17, 15) is 9.59 Å². The largest absolute Gasteiger partial charge is 0.336 e. The molecule has 2 aromatic rings. The number of anilines is 1. The van der Waals surface area contributed by atoms with E-state index in [2.05, 4.69) is 23.9 Å². The number of amides is 3. The van der Waals surface area contributed by atoms with E-state index in [-0.39, 0.29) is 30.6 Å². The Hall–Kier alpha value is -3.16. The average molecular weight is 421 g/mol. The fraction of sp³-hybridized carbons (Fsp3) is 0.478. The Labute approximate surface area is 182 Å². The molecular formula is C23H28N6O2. The molecule has 8 heteroatoms. The van der Waals surface area contributed by atoms with Crippen molar-refractivity contribution in [1.82, 2.24) is 19.6 Å². The molecule has 1 saturated heterocycles. The van der Waals surface area contributed by atoms with E-state index >= 15 is 0 Å². The van der Waals surface area contributed by atoms with E-state index in [1.165, 1.54) is 0 Å². The van der Waals surface area contributed by atoms with Gasteiger partial charge in [-0.25, -0.2) is 9.48 Å². The van der Waals surface area contributed by atoms with Crippen LogP contribution in [0.5, 0.6) is 0 Å². The number of amidine groups is 1. The molecule has 3 aliphatic rings. The van der Waals surface area contributed by atoms with Gasteiger partial charge < -0.3 is 4.90 Å². The van der Waals surface area contributed by atoms with Crippen molar-refractivity contribution >= 4 is 23.6 Å². The van der Waals surface area contributed by atoms with Gasteiger partial charge in [0.05, 0.1) is 17.4 Å². The molecule has 0 unspecified atom stereocenters. The lowest BCUT2D eigenvalue weighted by Crippen LogP contribution is -2.57. The lowest BCUT2D eigenvalue weighted by Gasteiger charge is -2.42. The van der Waals surface area contributed by atoms with Crippen molar-refractivity contribution in [3.63, 3.8) is 0 Å². The van der Waals surface area contributed by atoms with E-state index in [4.69, 9.17) is 0 Å². The molecule has 5 rings (SSSR count). The second-order valence-electron chi connectivity index (χ2n) is 8.64. The highest BCUT2D eigenvalue weighted by molar-refractivity contribution is 6.19. The lowest BCUT2D eigenvalue weighted by molar-refractivity contribution is -0.135. The molecule has 0 saturated carbocycles. The van der Waals surface area contributed by atoms with E-state index in [0.717, 1.165) is 36.9 Å². The second kappa shape index (κ2) is 7.83. The standard InChI is InChI=1S/C23H28N6O2/c1-16-8-6-9-17(2)28(16)20(30)15-27-22-19(21-24-12-7-13-26(21)23(27)31)14-25-29(22)18-10-4-3-5-11-18/h3-5,10-11,14,16-17H,6-9,12-13,15H2,1-2H3/t16-,17-/m0/s1. The number of benzene rings is 1. The van der Waals surface area contributed by atoms with Crippen molar-refractivity contribution in [1.29, 1.82) is 0 Å². The van der Waals surface area contributed by atoms with Crippen LogP contribution in [0, 0.1) is 0 Å². The number of fused-ring (bicyclic) bond motifs is 3. The number of piperidine rings is 1. The van der Waals surface area contributed by atoms with Crippen LogP contribution in [0.2, 0.25) is 0 Å². The van der Waals surface area contributed by atoms with Crippen LogP contribution >= 0.6 is 0 Å². The van der Waals surface area contributed by atoms with Gasteiger partial charge in [-0.1, -0.05) is 18.2 Å². The van der Waals surface area contributed by atoms with Crippen LogP contribution in [0.3, 0.4) is 0 Å². The minimum atomic E-state index is -0.200. The Kier molecular flexibility index (Phi) is 5.00. The Bertz CT molecular complexity index is 1020.